The van der Waals surface area contributed by atoms with E-state index in [0.717, 1.165) is 6.07 Å². The standard InChI is InChI=1S/C16H11ClFNO2/c1-21-12-4-2-3-10(7-12)16(20)14(9-19)13-6-5-11(18)8-15(13)17/h2-8,14H,1H3. The van der Waals surface area contributed by atoms with Crippen LogP contribution in [0.2, 0.25) is 5.02 Å². The molecule has 1 atom stereocenters. The van der Waals surface area contributed by atoms with Crippen LogP contribution in [0.4, 0.5) is 4.39 Å². The highest BCUT2D eigenvalue weighted by Crippen LogP contribution is 2.28. The van der Waals surface area contributed by atoms with Crippen molar-refractivity contribution in [2.24, 2.45) is 0 Å². The summed E-state index contributed by atoms with van der Waals surface area (Å²) in [6.45, 7) is 0. The highest BCUT2D eigenvalue weighted by molar-refractivity contribution is 6.31. The van der Waals surface area contributed by atoms with Crippen LogP contribution in [0.25, 0.3) is 0 Å². The summed E-state index contributed by atoms with van der Waals surface area (Å²) in [5, 5.41) is 9.33. The SMILES string of the molecule is COc1cccc(C(=O)C(C#N)c2ccc(F)cc2Cl)c1. The number of carbonyl (C=O) groups is 1. The van der Waals surface area contributed by atoms with Gasteiger partial charge in [-0.05, 0) is 29.8 Å². The number of nitrogens with zero attached hydrogens (tertiary/aromatic N) is 1. The number of ketones is 1. The summed E-state index contributed by atoms with van der Waals surface area (Å²) in [4.78, 5) is 12.5. The van der Waals surface area contributed by atoms with Crippen LogP contribution in [0.3, 0.4) is 0 Å². The molecule has 5 heteroatoms. The predicted molar refractivity (Wildman–Crippen MR) is 77.1 cm³/mol. The Morgan fingerprint density at radius 2 is 2.10 bits per heavy atom. The van der Waals surface area contributed by atoms with Crippen molar-refractivity contribution in [3.8, 4) is 11.8 Å². The molecule has 0 amide bonds. The van der Waals surface area contributed by atoms with Crippen LogP contribution >= 0.6 is 11.6 Å². The summed E-state index contributed by atoms with van der Waals surface area (Å²) in [5.41, 5.74) is 0.620. The number of rotatable bonds is 4. The van der Waals surface area contributed by atoms with Crippen LogP contribution in [0.1, 0.15) is 21.8 Å². The van der Waals surface area contributed by atoms with Gasteiger partial charge in [-0.2, -0.15) is 5.26 Å². The number of halogens is 2. The molecule has 21 heavy (non-hydrogen) atoms. The Hall–Kier alpha value is -2.38. The van der Waals surface area contributed by atoms with Crippen molar-refractivity contribution in [1.29, 1.82) is 5.26 Å². The molecule has 2 rings (SSSR count). The fourth-order valence-corrected chi connectivity index (χ4v) is 2.22. The van der Waals surface area contributed by atoms with E-state index in [1.54, 1.807) is 24.3 Å². The summed E-state index contributed by atoms with van der Waals surface area (Å²) in [5.74, 6) is -1.51. The summed E-state index contributed by atoms with van der Waals surface area (Å²) < 4.78 is 18.1. The third-order valence-electron chi connectivity index (χ3n) is 3.02. The molecule has 0 saturated carbocycles. The lowest BCUT2D eigenvalue weighted by atomic mass is 9.91. The van der Waals surface area contributed by atoms with Crippen LogP contribution < -0.4 is 4.74 Å². The van der Waals surface area contributed by atoms with Gasteiger partial charge in [-0.15, -0.1) is 0 Å². The molecule has 0 aliphatic carbocycles. The smallest absolute Gasteiger partial charge is 0.184 e. The molecule has 0 aliphatic heterocycles. The topological polar surface area (TPSA) is 50.1 Å². The fourth-order valence-electron chi connectivity index (χ4n) is 1.95. The lowest BCUT2D eigenvalue weighted by Crippen LogP contribution is -2.12. The largest absolute Gasteiger partial charge is 0.497 e. The summed E-state index contributed by atoms with van der Waals surface area (Å²) >= 11 is 5.93. The second-order valence-corrected chi connectivity index (χ2v) is 4.73. The van der Waals surface area contributed by atoms with E-state index >= 15 is 0 Å². The van der Waals surface area contributed by atoms with Gasteiger partial charge in [-0.1, -0.05) is 29.8 Å². The van der Waals surface area contributed by atoms with E-state index in [2.05, 4.69) is 0 Å². The Labute approximate surface area is 126 Å². The number of methoxy groups -OCH3 is 1. The molecule has 3 nitrogen and oxygen atoms in total. The van der Waals surface area contributed by atoms with Crippen molar-refractivity contribution in [2.45, 2.75) is 5.92 Å². The highest BCUT2D eigenvalue weighted by atomic mass is 35.5. The Morgan fingerprint density at radius 3 is 2.71 bits per heavy atom. The van der Waals surface area contributed by atoms with Gasteiger partial charge in [-0.3, -0.25) is 4.79 Å². The number of carbonyl (C=O) groups excluding carboxylic acids is 1. The van der Waals surface area contributed by atoms with Gasteiger partial charge in [0, 0.05) is 10.6 Å². The first-order chi connectivity index (χ1) is 10.1. The van der Waals surface area contributed by atoms with Crippen LogP contribution in [0.5, 0.6) is 5.75 Å². The molecule has 1 unspecified atom stereocenters. The van der Waals surface area contributed by atoms with Crippen molar-refractivity contribution in [3.63, 3.8) is 0 Å². The molecule has 0 aliphatic rings. The van der Waals surface area contributed by atoms with Crippen molar-refractivity contribution < 1.29 is 13.9 Å². The van der Waals surface area contributed by atoms with Crippen LogP contribution in [-0.2, 0) is 0 Å². The second kappa shape index (κ2) is 6.38. The number of nitriles is 1. The number of hydrogen-bond donors (Lipinski definition) is 0. The first-order valence-electron chi connectivity index (χ1n) is 6.09. The van der Waals surface area contributed by atoms with Gasteiger partial charge < -0.3 is 4.74 Å². The van der Waals surface area contributed by atoms with Gasteiger partial charge in [0.2, 0.25) is 0 Å². The monoisotopic (exact) mass is 303 g/mol. The van der Waals surface area contributed by atoms with Gasteiger partial charge in [0.05, 0.1) is 13.2 Å². The molecule has 0 bridgehead atoms. The third-order valence-corrected chi connectivity index (χ3v) is 3.35. The summed E-state index contributed by atoms with van der Waals surface area (Å²) in [6, 6.07) is 12.0. The lowest BCUT2D eigenvalue weighted by molar-refractivity contribution is 0.0978. The average molecular weight is 304 g/mol. The number of hydrogen-bond acceptors (Lipinski definition) is 3. The van der Waals surface area contributed by atoms with E-state index in [1.165, 1.54) is 19.2 Å². The van der Waals surface area contributed by atoms with Crippen molar-refractivity contribution in [1.82, 2.24) is 0 Å². The van der Waals surface area contributed by atoms with Gasteiger partial charge in [-0.25, -0.2) is 4.39 Å². The quantitative estimate of drug-likeness (QED) is 0.803. The van der Waals surface area contributed by atoms with Crippen LogP contribution in [0, 0.1) is 17.1 Å². The van der Waals surface area contributed by atoms with Crippen molar-refractivity contribution in [2.75, 3.05) is 7.11 Å². The van der Waals surface area contributed by atoms with Crippen LogP contribution in [0.15, 0.2) is 42.5 Å². The maximum Gasteiger partial charge on any atom is 0.184 e. The van der Waals surface area contributed by atoms with Crippen molar-refractivity contribution in [3.05, 3.63) is 64.4 Å². The third kappa shape index (κ3) is 3.21. The molecular weight excluding hydrogens is 293 g/mol. The maximum absolute atomic E-state index is 13.1. The zero-order valence-electron chi connectivity index (χ0n) is 11.1. The van der Waals surface area contributed by atoms with E-state index in [4.69, 9.17) is 16.3 Å². The lowest BCUT2D eigenvalue weighted by Gasteiger charge is -2.11. The molecule has 0 fully saturated rings. The number of benzene rings is 2. The first kappa shape index (κ1) is 15.0. The molecule has 0 spiro atoms. The molecule has 106 valence electrons. The van der Waals surface area contributed by atoms with Crippen LogP contribution in [-0.4, -0.2) is 12.9 Å². The minimum Gasteiger partial charge on any atom is -0.497 e. The molecule has 2 aromatic rings. The Kier molecular flexibility index (Phi) is 4.56. The van der Waals surface area contributed by atoms with Gasteiger partial charge in [0.15, 0.2) is 5.78 Å². The fraction of sp³-hybridized carbons (Fsp3) is 0.125. The van der Waals surface area contributed by atoms with Gasteiger partial charge in [0.25, 0.3) is 0 Å². The Balaban J connectivity index is 2.41. The average Bonchev–Trinajstić information content (AvgIpc) is 2.50. The van der Waals surface area contributed by atoms with E-state index < -0.39 is 17.5 Å². The molecule has 0 saturated heterocycles. The van der Waals surface area contributed by atoms with E-state index in [-0.39, 0.29) is 10.6 Å². The van der Waals surface area contributed by atoms with E-state index in [0.29, 0.717) is 11.3 Å². The van der Waals surface area contributed by atoms with Crippen molar-refractivity contribution >= 4 is 17.4 Å². The molecule has 0 radical (unpaired) electrons. The number of Topliss-reactive ketones (excluding diaryl/α,β-unsaturated/α-hetero) is 1. The first-order valence-corrected chi connectivity index (χ1v) is 6.47. The minimum absolute atomic E-state index is 0.0535. The molecule has 2 aromatic carbocycles. The highest BCUT2D eigenvalue weighted by Gasteiger charge is 2.24. The van der Waals surface area contributed by atoms with E-state index in [9.17, 15) is 14.4 Å². The maximum atomic E-state index is 13.1. The molecule has 0 heterocycles. The zero-order chi connectivity index (χ0) is 15.4. The summed E-state index contributed by atoms with van der Waals surface area (Å²) in [6.07, 6.45) is 0. The van der Waals surface area contributed by atoms with Gasteiger partial charge >= 0.3 is 0 Å². The summed E-state index contributed by atoms with van der Waals surface area (Å²) in [7, 11) is 1.49. The Morgan fingerprint density at radius 1 is 1.33 bits per heavy atom. The van der Waals surface area contributed by atoms with E-state index in [1.807, 2.05) is 6.07 Å². The minimum atomic E-state index is -1.09. The predicted octanol–water partition coefficient (Wildman–Crippen LogP) is 3.98. The Bertz CT molecular complexity index is 724. The second-order valence-electron chi connectivity index (χ2n) is 4.32. The van der Waals surface area contributed by atoms with Gasteiger partial charge in [0.1, 0.15) is 17.5 Å². The molecule has 0 N–H and O–H groups in total. The molecular formula is C16H11ClFNO2. The normalized spacial score (nSPS) is 11.5. The number of ether oxygens (including phenoxy) is 1. The molecule has 0 aromatic heterocycles. The zero-order valence-corrected chi connectivity index (χ0v) is 11.9.